The van der Waals surface area contributed by atoms with E-state index in [0.717, 1.165) is 29.3 Å². The molecule has 0 amide bonds. The number of hydrogen-bond donors (Lipinski definition) is 1. The van der Waals surface area contributed by atoms with E-state index in [4.69, 9.17) is 9.15 Å². The first-order chi connectivity index (χ1) is 9.29. The average Bonchev–Trinajstić information content (AvgIpc) is 2.86. The van der Waals surface area contributed by atoms with Crippen LogP contribution in [0.2, 0.25) is 0 Å². The first kappa shape index (κ1) is 13.0. The predicted octanol–water partition coefficient (Wildman–Crippen LogP) is 2.96. The van der Waals surface area contributed by atoms with Gasteiger partial charge < -0.3 is 14.5 Å². The molecule has 1 aliphatic rings. The van der Waals surface area contributed by atoms with Crippen LogP contribution in [0.4, 0.5) is 4.39 Å². The van der Waals surface area contributed by atoms with Crippen LogP contribution in [0.1, 0.15) is 11.8 Å². The summed E-state index contributed by atoms with van der Waals surface area (Å²) in [6.07, 6.45) is 0.0624. The van der Waals surface area contributed by atoms with E-state index < -0.39 is 0 Å². The molecule has 5 heteroatoms. The van der Waals surface area contributed by atoms with Gasteiger partial charge in [-0.3, -0.25) is 0 Å². The molecule has 1 N–H and O–H groups in total. The normalized spacial score (nSPS) is 21.7. The third-order valence-electron chi connectivity index (χ3n) is 3.35. The molecular weight excluding hydrogens is 265 g/mol. The Bertz CT molecular complexity index is 566. The van der Waals surface area contributed by atoms with Crippen LogP contribution < -0.4 is 5.32 Å². The molecule has 2 unspecified atom stereocenters. The van der Waals surface area contributed by atoms with E-state index in [2.05, 4.69) is 5.32 Å². The van der Waals surface area contributed by atoms with E-state index in [0.29, 0.717) is 5.58 Å². The van der Waals surface area contributed by atoms with Gasteiger partial charge in [-0.05, 0) is 19.2 Å². The fourth-order valence-corrected chi connectivity index (χ4v) is 3.31. The molecule has 0 spiro atoms. The number of fused-ring (bicyclic) bond motifs is 1. The second-order valence-electron chi connectivity index (χ2n) is 4.56. The molecule has 2 atom stereocenters. The number of thioether (sulfide) groups is 1. The quantitative estimate of drug-likeness (QED) is 0.938. The van der Waals surface area contributed by atoms with Gasteiger partial charge in [0.05, 0.1) is 18.8 Å². The van der Waals surface area contributed by atoms with Gasteiger partial charge in [0.15, 0.2) is 11.4 Å². The van der Waals surface area contributed by atoms with Crippen LogP contribution in [0.3, 0.4) is 0 Å². The molecule has 1 fully saturated rings. The van der Waals surface area contributed by atoms with Crippen LogP contribution in [0.15, 0.2) is 28.7 Å². The zero-order chi connectivity index (χ0) is 13.2. The standard InChI is InChI=1S/C14H16FNO2S/c1-16-13(12-8-19-6-5-17-12)11-7-9-3-2-4-10(15)14(9)18-11/h2-4,7,12-13,16H,5-6,8H2,1H3. The number of para-hydroxylation sites is 1. The summed E-state index contributed by atoms with van der Waals surface area (Å²) in [5, 5.41) is 4.00. The molecule has 3 rings (SSSR count). The molecule has 1 aromatic heterocycles. The molecular formula is C14H16FNO2S. The SMILES string of the molecule is CNC(c1cc2cccc(F)c2o1)C1CSCCO1. The monoisotopic (exact) mass is 281 g/mol. The Balaban J connectivity index is 1.94. The van der Waals surface area contributed by atoms with Crippen LogP contribution in [0.5, 0.6) is 0 Å². The summed E-state index contributed by atoms with van der Waals surface area (Å²) in [6.45, 7) is 0.752. The summed E-state index contributed by atoms with van der Waals surface area (Å²) in [5.74, 6) is 2.36. The van der Waals surface area contributed by atoms with Crippen molar-refractivity contribution in [3.05, 3.63) is 35.8 Å². The van der Waals surface area contributed by atoms with Gasteiger partial charge in [0, 0.05) is 16.9 Å². The summed E-state index contributed by atoms with van der Waals surface area (Å²) in [6, 6.07) is 6.81. The maximum atomic E-state index is 13.7. The van der Waals surface area contributed by atoms with Crippen molar-refractivity contribution in [2.45, 2.75) is 12.1 Å². The van der Waals surface area contributed by atoms with Crippen molar-refractivity contribution in [2.75, 3.05) is 25.2 Å². The molecule has 1 saturated heterocycles. The minimum atomic E-state index is -0.322. The topological polar surface area (TPSA) is 34.4 Å². The summed E-state index contributed by atoms with van der Waals surface area (Å²) < 4.78 is 25.1. The highest BCUT2D eigenvalue weighted by atomic mass is 32.2. The predicted molar refractivity (Wildman–Crippen MR) is 75.0 cm³/mol. The second kappa shape index (κ2) is 5.53. The lowest BCUT2D eigenvalue weighted by molar-refractivity contribution is 0.0435. The molecule has 2 aromatic rings. The Kier molecular flexibility index (Phi) is 3.77. The lowest BCUT2D eigenvalue weighted by atomic mass is 10.1. The zero-order valence-electron chi connectivity index (χ0n) is 10.7. The number of nitrogens with one attached hydrogen (secondary N) is 1. The zero-order valence-corrected chi connectivity index (χ0v) is 11.5. The van der Waals surface area contributed by atoms with Gasteiger partial charge in [-0.15, -0.1) is 0 Å². The second-order valence-corrected chi connectivity index (χ2v) is 5.71. The van der Waals surface area contributed by atoms with Gasteiger partial charge in [0.1, 0.15) is 5.76 Å². The van der Waals surface area contributed by atoms with Crippen LogP contribution in [-0.4, -0.2) is 31.3 Å². The summed E-state index contributed by atoms with van der Waals surface area (Å²) in [4.78, 5) is 0. The maximum absolute atomic E-state index is 13.7. The molecule has 0 radical (unpaired) electrons. The smallest absolute Gasteiger partial charge is 0.169 e. The highest BCUT2D eigenvalue weighted by molar-refractivity contribution is 7.99. The number of ether oxygens (including phenoxy) is 1. The molecule has 102 valence electrons. The number of rotatable bonds is 3. The third-order valence-corrected chi connectivity index (χ3v) is 4.37. The number of halogens is 1. The molecule has 1 aromatic carbocycles. The molecule has 2 heterocycles. The highest BCUT2D eigenvalue weighted by Crippen LogP contribution is 2.30. The van der Waals surface area contributed by atoms with Crippen molar-refractivity contribution in [1.82, 2.24) is 5.32 Å². The summed E-state index contributed by atoms with van der Waals surface area (Å²) >= 11 is 1.87. The van der Waals surface area contributed by atoms with Gasteiger partial charge >= 0.3 is 0 Å². The molecule has 0 aliphatic carbocycles. The van der Waals surface area contributed by atoms with Crippen LogP contribution in [-0.2, 0) is 4.74 Å². The van der Waals surface area contributed by atoms with Gasteiger partial charge in [0.2, 0.25) is 0 Å². The first-order valence-corrected chi connectivity index (χ1v) is 7.49. The Morgan fingerprint density at radius 1 is 1.47 bits per heavy atom. The lowest BCUT2D eigenvalue weighted by Gasteiger charge is -2.28. The highest BCUT2D eigenvalue weighted by Gasteiger charge is 2.28. The van der Waals surface area contributed by atoms with Crippen molar-refractivity contribution in [3.8, 4) is 0 Å². The van der Waals surface area contributed by atoms with Crippen LogP contribution >= 0.6 is 11.8 Å². The fourth-order valence-electron chi connectivity index (χ4n) is 2.41. The van der Waals surface area contributed by atoms with Crippen LogP contribution in [0.25, 0.3) is 11.0 Å². The van der Waals surface area contributed by atoms with Gasteiger partial charge in [-0.2, -0.15) is 11.8 Å². The molecule has 19 heavy (non-hydrogen) atoms. The Morgan fingerprint density at radius 2 is 2.37 bits per heavy atom. The lowest BCUT2D eigenvalue weighted by Crippen LogP contribution is -2.36. The van der Waals surface area contributed by atoms with E-state index in [9.17, 15) is 4.39 Å². The minimum absolute atomic E-state index is 0.0420. The summed E-state index contributed by atoms with van der Waals surface area (Å²) in [5.41, 5.74) is 0.321. The molecule has 1 aliphatic heterocycles. The molecule has 0 saturated carbocycles. The van der Waals surface area contributed by atoms with E-state index in [1.54, 1.807) is 6.07 Å². The Hall–Kier alpha value is -1.04. The average molecular weight is 281 g/mol. The van der Waals surface area contributed by atoms with Crippen molar-refractivity contribution in [3.63, 3.8) is 0 Å². The Labute approximate surface area is 115 Å². The van der Waals surface area contributed by atoms with Gasteiger partial charge in [-0.1, -0.05) is 12.1 Å². The van der Waals surface area contributed by atoms with Crippen molar-refractivity contribution in [2.24, 2.45) is 0 Å². The van der Waals surface area contributed by atoms with E-state index in [1.807, 2.05) is 30.9 Å². The van der Waals surface area contributed by atoms with Crippen LogP contribution in [0, 0.1) is 5.82 Å². The van der Waals surface area contributed by atoms with E-state index >= 15 is 0 Å². The number of likely N-dealkylation sites (N-methyl/N-ethyl adjacent to an activating group) is 1. The molecule has 0 bridgehead atoms. The number of hydrogen-bond acceptors (Lipinski definition) is 4. The van der Waals surface area contributed by atoms with Crippen molar-refractivity contribution < 1.29 is 13.5 Å². The maximum Gasteiger partial charge on any atom is 0.169 e. The van der Waals surface area contributed by atoms with Crippen molar-refractivity contribution >= 4 is 22.7 Å². The fraction of sp³-hybridized carbons (Fsp3) is 0.429. The van der Waals surface area contributed by atoms with Gasteiger partial charge in [-0.25, -0.2) is 4.39 Å². The van der Waals surface area contributed by atoms with Gasteiger partial charge in [0.25, 0.3) is 0 Å². The Morgan fingerprint density at radius 3 is 3.05 bits per heavy atom. The third kappa shape index (κ3) is 2.50. The number of furan rings is 1. The minimum Gasteiger partial charge on any atom is -0.456 e. The summed E-state index contributed by atoms with van der Waals surface area (Å²) in [7, 11) is 1.87. The van der Waals surface area contributed by atoms with E-state index in [1.165, 1.54) is 6.07 Å². The van der Waals surface area contributed by atoms with E-state index in [-0.39, 0.29) is 18.0 Å². The first-order valence-electron chi connectivity index (χ1n) is 6.34. The van der Waals surface area contributed by atoms with Crippen molar-refractivity contribution in [1.29, 1.82) is 0 Å². The largest absolute Gasteiger partial charge is 0.456 e. The number of benzene rings is 1. The molecule has 3 nitrogen and oxygen atoms in total.